The lowest BCUT2D eigenvalue weighted by molar-refractivity contribution is -0.120. The molecule has 0 saturated heterocycles. The van der Waals surface area contributed by atoms with Crippen molar-refractivity contribution in [2.24, 2.45) is 4.99 Å². The third-order valence-electron chi connectivity index (χ3n) is 1.40. The summed E-state index contributed by atoms with van der Waals surface area (Å²) in [5, 5.41) is 2.53. The summed E-state index contributed by atoms with van der Waals surface area (Å²) in [6.07, 6.45) is 0.888. The van der Waals surface area contributed by atoms with Gasteiger partial charge in [0.15, 0.2) is 5.90 Å². The second-order valence-electron chi connectivity index (χ2n) is 2.62. The fourth-order valence-electron chi connectivity index (χ4n) is 0.762. The molecule has 0 aliphatic carbocycles. The first kappa shape index (κ1) is 11.7. The van der Waals surface area contributed by atoms with Crippen LogP contribution < -0.4 is 5.32 Å². The van der Waals surface area contributed by atoms with E-state index in [1.807, 2.05) is 0 Å². The number of carbonyl (C=O) groups is 1. The Morgan fingerprint density at radius 1 is 1.54 bits per heavy atom. The predicted octanol–water partition coefficient (Wildman–Crippen LogP) is 1.09. The Morgan fingerprint density at radius 2 is 2.15 bits per heavy atom. The van der Waals surface area contributed by atoms with Crippen molar-refractivity contribution >= 4 is 11.8 Å². The van der Waals surface area contributed by atoms with Gasteiger partial charge in [0.2, 0.25) is 5.91 Å². The second kappa shape index (κ2) is 6.22. The first-order valence-corrected chi connectivity index (χ1v) is 4.07. The normalized spacial score (nSPS) is 10.8. The zero-order valence-corrected chi connectivity index (χ0v) is 8.39. The van der Waals surface area contributed by atoms with Gasteiger partial charge in [-0.05, 0) is 6.92 Å². The topological polar surface area (TPSA) is 50.7 Å². The third-order valence-corrected chi connectivity index (χ3v) is 1.40. The van der Waals surface area contributed by atoms with E-state index >= 15 is 0 Å². The van der Waals surface area contributed by atoms with Gasteiger partial charge in [-0.15, -0.1) is 0 Å². The molecule has 0 saturated carbocycles. The van der Waals surface area contributed by atoms with Gasteiger partial charge in [-0.1, -0.05) is 6.58 Å². The summed E-state index contributed by atoms with van der Waals surface area (Å²) in [5.41, 5.74) is 0.675. The molecule has 0 rings (SSSR count). The van der Waals surface area contributed by atoms with Crippen molar-refractivity contribution in [2.45, 2.75) is 19.8 Å². The quantitative estimate of drug-likeness (QED) is 0.525. The Kier molecular flexibility index (Phi) is 5.59. The summed E-state index contributed by atoms with van der Waals surface area (Å²) in [6.45, 7) is 5.40. The molecule has 13 heavy (non-hydrogen) atoms. The number of hydrogen-bond acceptors (Lipinski definition) is 3. The van der Waals surface area contributed by atoms with Crippen LogP contribution >= 0.6 is 0 Å². The van der Waals surface area contributed by atoms with E-state index in [-0.39, 0.29) is 5.91 Å². The fraction of sp³-hybridized carbons (Fsp3) is 0.556. The van der Waals surface area contributed by atoms with Crippen LogP contribution in [-0.2, 0) is 9.53 Å². The van der Waals surface area contributed by atoms with E-state index in [9.17, 15) is 4.79 Å². The number of allylic oxidation sites excluding steroid dienone is 1. The van der Waals surface area contributed by atoms with E-state index in [0.29, 0.717) is 24.4 Å². The molecule has 4 heteroatoms. The molecule has 0 heterocycles. The van der Waals surface area contributed by atoms with Crippen molar-refractivity contribution in [3.63, 3.8) is 0 Å². The van der Waals surface area contributed by atoms with Crippen LogP contribution in [0, 0.1) is 0 Å². The highest BCUT2D eigenvalue weighted by molar-refractivity contribution is 5.83. The van der Waals surface area contributed by atoms with E-state index in [2.05, 4.69) is 16.9 Å². The van der Waals surface area contributed by atoms with Crippen LogP contribution in [0.5, 0.6) is 0 Å². The van der Waals surface area contributed by atoms with Gasteiger partial charge in [-0.3, -0.25) is 4.79 Å². The molecule has 1 amide bonds. The average molecular weight is 184 g/mol. The van der Waals surface area contributed by atoms with Crippen LogP contribution in [0.2, 0.25) is 0 Å². The van der Waals surface area contributed by atoms with E-state index in [0.717, 1.165) is 0 Å². The summed E-state index contributed by atoms with van der Waals surface area (Å²) in [4.78, 5) is 14.9. The number of nitrogens with zero attached hydrogens (tertiary/aromatic N) is 1. The molecule has 0 atom stereocenters. The number of ether oxygens (including phenoxy) is 1. The SMILES string of the molecule is C=C(C)N=C(CCC(=O)NC)OC. The minimum atomic E-state index is -0.0218. The minimum Gasteiger partial charge on any atom is -0.484 e. The van der Waals surface area contributed by atoms with Gasteiger partial charge < -0.3 is 10.1 Å². The zero-order chi connectivity index (χ0) is 10.3. The van der Waals surface area contributed by atoms with Crippen LogP contribution in [0.25, 0.3) is 0 Å². The van der Waals surface area contributed by atoms with Gasteiger partial charge >= 0.3 is 0 Å². The molecule has 0 aromatic rings. The zero-order valence-electron chi connectivity index (χ0n) is 8.39. The van der Waals surface area contributed by atoms with Crippen LogP contribution in [0.15, 0.2) is 17.3 Å². The van der Waals surface area contributed by atoms with E-state index in [4.69, 9.17) is 4.74 Å². The summed E-state index contributed by atoms with van der Waals surface area (Å²) in [5.74, 6) is 0.516. The number of nitrogens with one attached hydrogen (secondary N) is 1. The Hall–Kier alpha value is -1.32. The van der Waals surface area contributed by atoms with Gasteiger partial charge in [-0.25, -0.2) is 4.99 Å². The highest BCUT2D eigenvalue weighted by Gasteiger charge is 2.03. The van der Waals surface area contributed by atoms with Gasteiger partial charge in [0.05, 0.1) is 7.11 Å². The number of methoxy groups -OCH3 is 1. The molecule has 0 aromatic heterocycles. The fourth-order valence-corrected chi connectivity index (χ4v) is 0.762. The Labute approximate surface area is 78.7 Å². The Morgan fingerprint density at radius 3 is 2.54 bits per heavy atom. The monoisotopic (exact) mass is 184 g/mol. The maximum atomic E-state index is 10.9. The number of carbonyl (C=O) groups excluding carboxylic acids is 1. The van der Waals surface area contributed by atoms with Crippen molar-refractivity contribution in [2.75, 3.05) is 14.2 Å². The van der Waals surface area contributed by atoms with Crippen molar-refractivity contribution in [3.05, 3.63) is 12.3 Å². The molecule has 0 aliphatic heterocycles. The molecule has 0 fully saturated rings. The maximum absolute atomic E-state index is 10.9. The summed E-state index contributed by atoms with van der Waals surface area (Å²) in [7, 11) is 3.14. The second-order valence-corrected chi connectivity index (χ2v) is 2.62. The minimum absolute atomic E-state index is 0.0218. The molecule has 0 bridgehead atoms. The number of hydrogen-bond donors (Lipinski definition) is 1. The highest BCUT2D eigenvalue weighted by Crippen LogP contribution is 1.99. The lowest BCUT2D eigenvalue weighted by Gasteiger charge is -2.03. The Balaban J connectivity index is 3.99. The van der Waals surface area contributed by atoms with Crippen molar-refractivity contribution in [1.29, 1.82) is 0 Å². The van der Waals surface area contributed by atoms with Crippen molar-refractivity contribution in [3.8, 4) is 0 Å². The first-order chi connectivity index (χ1) is 6.10. The molecular formula is C9H16N2O2. The van der Waals surface area contributed by atoms with Crippen LogP contribution in [0.3, 0.4) is 0 Å². The van der Waals surface area contributed by atoms with Gasteiger partial charge in [-0.2, -0.15) is 0 Å². The Bertz CT molecular complexity index is 222. The maximum Gasteiger partial charge on any atom is 0.220 e. The highest BCUT2D eigenvalue weighted by atomic mass is 16.5. The van der Waals surface area contributed by atoms with Gasteiger partial charge in [0.1, 0.15) is 0 Å². The molecule has 74 valence electrons. The molecule has 4 nitrogen and oxygen atoms in total. The summed E-state index contributed by atoms with van der Waals surface area (Å²) in [6, 6.07) is 0. The van der Waals surface area contributed by atoms with Crippen LogP contribution in [-0.4, -0.2) is 26.0 Å². The summed E-state index contributed by atoms with van der Waals surface area (Å²) >= 11 is 0. The lowest BCUT2D eigenvalue weighted by atomic mass is 10.3. The largest absolute Gasteiger partial charge is 0.484 e. The molecule has 0 radical (unpaired) electrons. The van der Waals surface area contributed by atoms with Crippen LogP contribution in [0.1, 0.15) is 19.8 Å². The number of rotatable bonds is 4. The smallest absolute Gasteiger partial charge is 0.220 e. The lowest BCUT2D eigenvalue weighted by Crippen LogP contribution is -2.18. The first-order valence-electron chi connectivity index (χ1n) is 4.07. The summed E-state index contributed by atoms with van der Waals surface area (Å²) < 4.78 is 4.97. The molecule has 0 aliphatic rings. The van der Waals surface area contributed by atoms with E-state index < -0.39 is 0 Å². The average Bonchev–Trinajstić information content (AvgIpc) is 2.10. The van der Waals surface area contributed by atoms with Crippen molar-refractivity contribution in [1.82, 2.24) is 5.32 Å². The molecule has 0 unspecified atom stereocenters. The molecule has 0 aromatic carbocycles. The van der Waals surface area contributed by atoms with E-state index in [1.54, 1.807) is 14.0 Å². The molecule has 0 spiro atoms. The van der Waals surface area contributed by atoms with Gasteiger partial charge in [0, 0.05) is 25.6 Å². The van der Waals surface area contributed by atoms with Gasteiger partial charge in [0.25, 0.3) is 0 Å². The molecule has 1 N–H and O–H groups in total. The molecular weight excluding hydrogens is 168 g/mol. The van der Waals surface area contributed by atoms with Crippen LogP contribution in [0.4, 0.5) is 0 Å². The number of aliphatic imine (C=N–C) groups is 1. The standard InChI is InChI=1S/C9H16N2O2/c1-7(2)11-9(13-4)6-5-8(12)10-3/h1,5-6H2,2-4H3,(H,10,12). The number of amides is 1. The third kappa shape index (κ3) is 5.90. The van der Waals surface area contributed by atoms with Crippen molar-refractivity contribution < 1.29 is 9.53 Å². The predicted molar refractivity (Wildman–Crippen MR) is 52.6 cm³/mol. The van der Waals surface area contributed by atoms with E-state index in [1.165, 1.54) is 7.11 Å².